The number of nitriles is 1. The van der Waals surface area contributed by atoms with E-state index in [1.807, 2.05) is 24.3 Å². The van der Waals surface area contributed by atoms with Crippen LogP contribution in [-0.2, 0) is 0 Å². The maximum Gasteiger partial charge on any atom is 0.211 e. The molecule has 0 atom stereocenters. The van der Waals surface area contributed by atoms with Gasteiger partial charge in [-0.15, -0.1) is 0 Å². The molecule has 586 valence electrons. The fourth-order valence-corrected chi connectivity index (χ4v) is 28.9. The Labute approximate surface area is 715 Å². The van der Waals surface area contributed by atoms with E-state index < -0.39 is 16.1 Å². The number of benzene rings is 18. The fraction of sp³-hybridized carbons (Fsp3) is 0.105. The Hall–Kier alpha value is -14.4. The highest BCUT2D eigenvalue weighted by Gasteiger charge is 2.44. The van der Waals surface area contributed by atoms with Crippen molar-refractivity contribution >= 4 is 174 Å². The Kier molecular flexibility index (Phi) is 19.0. The summed E-state index contributed by atoms with van der Waals surface area (Å²) in [5.74, 6) is 0.102. The monoisotopic (exact) mass is 1600 g/mol. The van der Waals surface area contributed by atoms with Gasteiger partial charge in [0.05, 0.1) is 46.3 Å². The first kappa shape index (κ1) is 76.3. The SMILES string of the molecule is [C-]#[N+]c1cc(-c2ccc([Si](c3ccc(C)cc3)(c3ccc(C)cc3)c3ccc(C)cc3)cc2)ccc1N(c1cc(C(C)C)c2ccc3c(N(c4ccc(-c5ccc([Si](c6ccc(C)cc6)(c6ccc(C)cc6)c6ccc(C)cc6)cc5)cc4C#N)c4cccc5c4oc4ccccc45)cc(C(C)C)c4ccc1c2c43)c1cccc2c1oc1ccccc12. The maximum atomic E-state index is 12.0. The number of rotatable bonds is 18. The number of fused-ring (bicyclic) bond motifs is 6. The van der Waals surface area contributed by atoms with Gasteiger partial charge in [-0.1, -0.05) is 352 Å². The standard InChI is InChI=1S/C114H90N4O2Si2/c1-71(2)100-68-107(117(105-22-16-20-96-92-18-12-14-24-109(92)119-113(96)105)103-64-42-81(66-83(103)70-115)79-38-56-90(57-39-79)121(84-44-26-73(5)27-45-84,85-46-28-74(6)29-47-85)86-48-30-75(7)31-49-86)98-62-60-95-101(72(3)4)69-108(99-63-61-94(100)111(98)112(95)99)118(106-23-17-21-97-93-19-13-15-25-110(93)120-114(97)106)104-65-43-82(67-102(104)116-11)80-40-58-91(59-41-80)122(87-50-32-76(8)33-51-87,88-52-34-77(9)35-53-88)89-54-36-78(10)37-55-89/h12-69,71-72H,1-10H3. The molecule has 0 N–H and O–H groups in total. The summed E-state index contributed by atoms with van der Waals surface area (Å²) in [6.45, 7) is 31.6. The number of furan rings is 2. The summed E-state index contributed by atoms with van der Waals surface area (Å²) in [5.41, 5.74) is 22.5. The van der Waals surface area contributed by atoms with Gasteiger partial charge in [-0.3, -0.25) is 0 Å². The molecule has 0 saturated heterocycles. The number of aryl methyl sites for hydroxylation is 6. The van der Waals surface area contributed by atoms with Gasteiger partial charge in [0.2, 0.25) is 5.69 Å². The van der Waals surface area contributed by atoms with Crippen molar-refractivity contribution in [3.63, 3.8) is 0 Å². The normalized spacial score (nSPS) is 12.0. The second kappa shape index (κ2) is 30.5. The first-order valence-corrected chi connectivity index (χ1v) is 46.4. The zero-order valence-corrected chi connectivity index (χ0v) is 72.2. The quantitative estimate of drug-likeness (QED) is 0.0371. The smallest absolute Gasteiger partial charge is 0.211 e. The number of nitrogens with zero attached hydrogens (tertiary/aromatic N) is 4. The lowest BCUT2D eigenvalue weighted by Gasteiger charge is -2.35. The third-order valence-electron chi connectivity index (χ3n) is 25.8. The van der Waals surface area contributed by atoms with Crippen LogP contribution in [0.25, 0.3) is 103 Å². The summed E-state index contributed by atoms with van der Waals surface area (Å²) in [4.78, 5) is 9.19. The van der Waals surface area contributed by atoms with Gasteiger partial charge in [-0.25, -0.2) is 4.85 Å². The lowest BCUT2D eigenvalue weighted by Crippen LogP contribution is -2.74. The van der Waals surface area contributed by atoms with E-state index in [1.54, 1.807) is 0 Å². The summed E-state index contributed by atoms with van der Waals surface area (Å²) in [5, 5.41) is 33.0. The Bertz CT molecular complexity index is 6880. The maximum absolute atomic E-state index is 12.0. The molecular formula is C114H90N4O2Si2. The highest BCUT2D eigenvalue weighted by Crippen LogP contribution is 2.55. The zero-order valence-electron chi connectivity index (χ0n) is 70.2. The van der Waals surface area contributed by atoms with E-state index in [2.05, 4.69) is 418 Å². The Morgan fingerprint density at radius 3 is 0.934 bits per heavy atom. The van der Waals surface area contributed by atoms with Gasteiger partial charge < -0.3 is 18.6 Å². The molecule has 122 heavy (non-hydrogen) atoms. The molecule has 0 radical (unpaired) electrons. The van der Waals surface area contributed by atoms with Crippen LogP contribution in [0, 0.1) is 59.4 Å². The van der Waals surface area contributed by atoms with Crippen LogP contribution < -0.4 is 51.3 Å². The van der Waals surface area contributed by atoms with Gasteiger partial charge in [0, 0.05) is 32.3 Å². The molecule has 0 amide bonds. The molecule has 0 unspecified atom stereocenters. The molecule has 0 bridgehead atoms. The van der Waals surface area contributed by atoms with Gasteiger partial charge in [0.15, 0.2) is 27.3 Å². The van der Waals surface area contributed by atoms with E-state index in [9.17, 15) is 11.8 Å². The number of hydrogen-bond donors (Lipinski definition) is 0. The van der Waals surface area contributed by atoms with Crippen LogP contribution in [0.5, 0.6) is 0 Å². The molecular weight excluding hydrogens is 1510 g/mol. The number of anilines is 6. The first-order chi connectivity index (χ1) is 59.5. The first-order valence-electron chi connectivity index (χ1n) is 42.4. The Balaban J connectivity index is 0.780. The molecule has 20 rings (SSSR count). The minimum atomic E-state index is -2.90. The molecule has 0 aliphatic heterocycles. The molecule has 6 nitrogen and oxygen atoms in total. The summed E-state index contributed by atoms with van der Waals surface area (Å²) in [6, 6.07) is 133. The van der Waals surface area contributed by atoms with Gasteiger partial charge >= 0.3 is 0 Å². The second-order valence-corrected chi connectivity index (χ2v) is 41.7. The molecule has 2 aromatic heterocycles. The van der Waals surface area contributed by atoms with Crippen molar-refractivity contribution in [2.45, 2.75) is 81.1 Å². The molecule has 20 aromatic rings. The minimum Gasteiger partial charge on any atom is -0.454 e. The lowest BCUT2D eigenvalue weighted by atomic mass is 9.84. The number of hydrogen-bond acceptors (Lipinski definition) is 5. The van der Waals surface area contributed by atoms with Crippen molar-refractivity contribution in [2.75, 3.05) is 9.80 Å². The van der Waals surface area contributed by atoms with Gasteiger partial charge in [0.1, 0.15) is 17.2 Å². The third-order valence-corrected chi connectivity index (χ3v) is 35.4. The Morgan fingerprint density at radius 2 is 0.590 bits per heavy atom. The highest BCUT2D eigenvalue weighted by atomic mass is 28.3. The second-order valence-electron chi connectivity index (χ2n) is 34.0. The van der Waals surface area contributed by atoms with Crippen molar-refractivity contribution in [1.82, 2.24) is 0 Å². The highest BCUT2D eigenvalue weighted by molar-refractivity contribution is 7.20. The third kappa shape index (κ3) is 12.5. The summed E-state index contributed by atoms with van der Waals surface area (Å²) >= 11 is 0. The molecule has 0 aliphatic carbocycles. The summed E-state index contributed by atoms with van der Waals surface area (Å²) in [6.07, 6.45) is 0. The van der Waals surface area contributed by atoms with Crippen LogP contribution in [0.2, 0.25) is 0 Å². The lowest BCUT2D eigenvalue weighted by molar-refractivity contribution is 0.668. The van der Waals surface area contributed by atoms with Crippen LogP contribution in [0.1, 0.15) is 89.6 Å². The van der Waals surface area contributed by atoms with Gasteiger partial charge in [0.25, 0.3) is 0 Å². The average Bonchev–Trinajstić information content (AvgIpc) is 0.825. The van der Waals surface area contributed by atoms with E-state index in [4.69, 9.17) is 8.83 Å². The van der Waals surface area contributed by atoms with Crippen molar-refractivity contribution in [3.8, 4) is 28.3 Å². The minimum absolute atomic E-state index is 0.0501. The average molecular weight is 1600 g/mol. The van der Waals surface area contributed by atoms with Crippen molar-refractivity contribution in [3.05, 3.63) is 413 Å². The van der Waals surface area contributed by atoms with E-state index in [0.29, 0.717) is 16.8 Å². The van der Waals surface area contributed by atoms with Gasteiger partial charge in [-0.2, -0.15) is 5.26 Å². The van der Waals surface area contributed by atoms with E-state index in [-0.39, 0.29) is 11.8 Å². The van der Waals surface area contributed by atoms with Crippen LogP contribution in [0.3, 0.4) is 0 Å². The molecule has 0 saturated carbocycles. The zero-order chi connectivity index (χ0) is 83.4. The predicted octanol–water partition coefficient (Wildman–Crippen LogP) is 25.9. The summed E-state index contributed by atoms with van der Waals surface area (Å²) < 4.78 is 14.2. The van der Waals surface area contributed by atoms with E-state index >= 15 is 0 Å². The van der Waals surface area contributed by atoms with Crippen LogP contribution in [-0.4, -0.2) is 16.1 Å². The van der Waals surface area contributed by atoms with Crippen molar-refractivity contribution in [1.29, 1.82) is 5.26 Å². The van der Waals surface area contributed by atoms with Crippen molar-refractivity contribution in [2.24, 2.45) is 0 Å². The predicted molar refractivity (Wildman–Crippen MR) is 520 cm³/mol. The molecule has 0 fully saturated rings. The molecule has 0 aliphatic rings. The fourth-order valence-electron chi connectivity index (χ4n) is 19.6. The molecule has 0 spiro atoms. The van der Waals surface area contributed by atoms with Crippen molar-refractivity contribution < 1.29 is 8.83 Å². The van der Waals surface area contributed by atoms with Crippen LogP contribution in [0.4, 0.5) is 39.8 Å². The van der Waals surface area contributed by atoms with Crippen LogP contribution >= 0.6 is 0 Å². The van der Waals surface area contributed by atoms with E-state index in [0.717, 1.165) is 138 Å². The number of para-hydroxylation sites is 4. The molecule has 18 aromatic carbocycles. The summed E-state index contributed by atoms with van der Waals surface area (Å²) in [7, 11) is -5.80. The van der Waals surface area contributed by atoms with Crippen LogP contribution in [0.15, 0.2) is 361 Å². The topological polar surface area (TPSA) is 60.9 Å². The molecule has 8 heteroatoms. The molecule has 2 heterocycles. The van der Waals surface area contributed by atoms with Gasteiger partial charge in [-0.05, 0) is 210 Å². The van der Waals surface area contributed by atoms with E-state index in [1.165, 1.54) is 74.9 Å². The largest absolute Gasteiger partial charge is 0.454 e. The Morgan fingerprint density at radius 1 is 0.287 bits per heavy atom.